The summed E-state index contributed by atoms with van der Waals surface area (Å²) in [5, 5.41) is 3.65. The lowest BCUT2D eigenvalue weighted by molar-refractivity contribution is -0.0629. The summed E-state index contributed by atoms with van der Waals surface area (Å²) in [6.45, 7) is 2.38. The predicted octanol–water partition coefficient (Wildman–Crippen LogP) is 4.64. The molecule has 1 N–H and O–H groups in total. The van der Waals surface area contributed by atoms with E-state index in [1.54, 1.807) is 6.20 Å². The Kier molecular flexibility index (Phi) is 7.22. The summed E-state index contributed by atoms with van der Waals surface area (Å²) in [7, 11) is 0. The third-order valence-corrected chi connectivity index (χ3v) is 6.97. The molecule has 0 radical (unpaired) electrons. The van der Waals surface area contributed by atoms with Crippen molar-refractivity contribution in [1.29, 1.82) is 0 Å². The highest BCUT2D eigenvalue weighted by Crippen LogP contribution is 2.34. The summed E-state index contributed by atoms with van der Waals surface area (Å²) in [5.74, 6) is -4.83. The summed E-state index contributed by atoms with van der Waals surface area (Å²) in [6.07, 6.45) is 3.77. The smallest absolute Gasteiger partial charge is 0.255 e. The van der Waals surface area contributed by atoms with Gasteiger partial charge in [0.05, 0.1) is 29.0 Å². The molecule has 1 aliphatic rings. The molecule has 1 fully saturated rings. The summed E-state index contributed by atoms with van der Waals surface area (Å²) in [6, 6.07) is 3.65. The van der Waals surface area contributed by atoms with Gasteiger partial charge in [0.15, 0.2) is 11.6 Å². The summed E-state index contributed by atoms with van der Waals surface area (Å²) in [4.78, 5) is 27.9. The van der Waals surface area contributed by atoms with E-state index in [2.05, 4.69) is 20.3 Å². The number of hydrogen-bond donors (Lipinski definition) is 1. The topological polar surface area (TPSA) is 71.0 Å². The fourth-order valence-electron chi connectivity index (χ4n) is 3.88. The van der Waals surface area contributed by atoms with Crippen LogP contribution in [-0.4, -0.2) is 51.3 Å². The first-order valence-electron chi connectivity index (χ1n) is 10.9. The van der Waals surface area contributed by atoms with Crippen LogP contribution in [0.3, 0.4) is 0 Å². The zero-order valence-electron chi connectivity index (χ0n) is 18.4. The van der Waals surface area contributed by atoms with E-state index in [9.17, 15) is 22.4 Å². The number of aryl methyl sites for hydroxylation is 1. The molecule has 1 unspecified atom stereocenters. The largest absolute Gasteiger partial charge is 0.350 e. The van der Waals surface area contributed by atoms with Gasteiger partial charge >= 0.3 is 0 Å². The van der Waals surface area contributed by atoms with Crippen LogP contribution >= 0.6 is 11.3 Å². The Hall–Kier alpha value is -2.92. The number of nitrogens with one attached hydrogen (secondary N) is 1. The molecule has 2 aromatic heterocycles. The number of carbonyl (C=O) groups is 1. The predicted molar refractivity (Wildman–Crippen MR) is 120 cm³/mol. The Labute approximate surface area is 198 Å². The number of halogens is 4. The SMILES string of the molecule is CCc1ncc(C(CNC(=O)c2c(F)cccc2-c2ncc(F)cn2)N2CCC(F)(F)CC2)s1. The van der Waals surface area contributed by atoms with Gasteiger partial charge in [0.25, 0.3) is 11.8 Å². The third kappa shape index (κ3) is 5.41. The number of nitrogens with zero attached hydrogens (tertiary/aromatic N) is 4. The second kappa shape index (κ2) is 10.1. The van der Waals surface area contributed by atoms with Crippen molar-refractivity contribution in [2.75, 3.05) is 19.6 Å². The molecule has 1 amide bonds. The number of carbonyl (C=O) groups excluding carboxylic acids is 1. The molecule has 0 spiro atoms. The van der Waals surface area contributed by atoms with E-state index in [4.69, 9.17) is 0 Å². The van der Waals surface area contributed by atoms with Crippen molar-refractivity contribution in [1.82, 2.24) is 25.2 Å². The average Bonchev–Trinajstić information content (AvgIpc) is 3.29. The monoisotopic (exact) mass is 493 g/mol. The fourth-order valence-corrected chi connectivity index (χ4v) is 4.88. The van der Waals surface area contributed by atoms with E-state index in [1.807, 2.05) is 11.8 Å². The molecule has 0 saturated carbocycles. The van der Waals surface area contributed by atoms with Gasteiger partial charge in [-0.05, 0) is 12.5 Å². The average molecular weight is 494 g/mol. The van der Waals surface area contributed by atoms with Gasteiger partial charge in [0.1, 0.15) is 5.82 Å². The van der Waals surface area contributed by atoms with Crippen molar-refractivity contribution in [3.05, 3.63) is 63.9 Å². The number of hydrogen-bond acceptors (Lipinski definition) is 6. The minimum Gasteiger partial charge on any atom is -0.350 e. The van der Waals surface area contributed by atoms with Gasteiger partial charge in [-0.25, -0.2) is 32.5 Å². The molecule has 0 aliphatic carbocycles. The Morgan fingerprint density at radius 1 is 1.15 bits per heavy atom. The molecule has 180 valence electrons. The Morgan fingerprint density at radius 3 is 2.50 bits per heavy atom. The van der Waals surface area contributed by atoms with Crippen molar-refractivity contribution in [3.63, 3.8) is 0 Å². The molecule has 34 heavy (non-hydrogen) atoms. The zero-order valence-corrected chi connectivity index (χ0v) is 19.2. The van der Waals surface area contributed by atoms with Gasteiger partial charge < -0.3 is 5.32 Å². The standard InChI is InChI=1S/C23H23F4N5OS/c1-2-19-28-13-18(34-19)17(32-8-6-23(26,27)7-9-32)12-31-22(33)20-15(4-3-5-16(20)25)21-29-10-14(24)11-30-21/h3-5,10-11,13,17H,2,6-9,12H2,1H3,(H,31,33). The summed E-state index contributed by atoms with van der Waals surface area (Å²) in [5.41, 5.74) is -0.144. The molecule has 6 nitrogen and oxygen atoms in total. The Balaban J connectivity index is 1.57. The van der Waals surface area contributed by atoms with Gasteiger partial charge in [-0.1, -0.05) is 19.1 Å². The second-order valence-corrected chi connectivity index (χ2v) is 9.16. The molecule has 3 aromatic rings. The first-order valence-corrected chi connectivity index (χ1v) is 11.7. The summed E-state index contributed by atoms with van der Waals surface area (Å²) < 4.78 is 55.4. The quantitative estimate of drug-likeness (QED) is 0.486. The van der Waals surface area contributed by atoms with E-state index < -0.39 is 23.5 Å². The Morgan fingerprint density at radius 2 is 1.85 bits per heavy atom. The van der Waals surface area contributed by atoms with Crippen molar-refractivity contribution in [2.24, 2.45) is 0 Å². The number of rotatable bonds is 7. The third-order valence-electron chi connectivity index (χ3n) is 5.73. The highest BCUT2D eigenvalue weighted by atomic mass is 32.1. The number of piperidine rings is 1. The molecule has 1 aliphatic heterocycles. The van der Waals surface area contributed by atoms with E-state index in [-0.39, 0.29) is 55.5 Å². The van der Waals surface area contributed by atoms with Crippen LogP contribution in [0.2, 0.25) is 0 Å². The van der Waals surface area contributed by atoms with Crippen LogP contribution in [0.15, 0.2) is 36.8 Å². The molecule has 11 heteroatoms. The molecular formula is C23H23F4N5OS. The van der Waals surface area contributed by atoms with Crippen molar-refractivity contribution in [2.45, 2.75) is 38.2 Å². The maximum absolute atomic E-state index is 14.7. The minimum atomic E-state index is -2.70. The molecule has 1 aromatic carbocycles. The lowest BCUT2D eigenvalue weighted by Gasteiger charge is -2.37. The van der Waals surface area contributed by atoms with Crippen LogP contribution < -0.4 is 5.32 Å². The van der Waals surface area contributed by atoms with E-state index in [0.29, 0.717) is 0 Å². The minimum absolute atomic E-state index is 0.0101. The van der Waals surface area contributed by atoms with Crippen LogP contribution in [0.5, 0.6) is 0 Å². The highest BCUT2D eigenvalue weighted by Gasteiger charge is 2.37. The van der Waals surface area contributed by atoms with E-state index in [0.717, 1.165) is 34.8 Å². The van der Waals surface area contributed by atoms with Gasteiger partial charge in [-0.15, -0.1) is 11.3 Å². The van der Waals surface area contributed by atoms with Gasteiger partial charge in [0.2, 0.25) is 0 Å². The molecule has 1 atom stereocenters. The first kappa shape index (κ1) is 24.2. The highest BCUT2D eigenvalue weighted by molar-refractivity contribution is 7.11. The normalized spacial score (nSPS) is 16.9. The maximum atomic E-state index is 14.7. The number of benzene rings is 1. The van der Waals surface area contributed by atoms with Crippen LogP contribution in [0.4, 0.5) is 17.6 Å². The van der Waals surface area contributed by atoms with Crippen molar-refractivity contribution < 1.29 is 22.4 Å². The van der Waals surface area contributed by atoms with Gasteiger partial charge in [0, 0.05) is 49.1 Å². The number of alkyl halides is 2. The number of likely N-dealkylation sites (tertiary alicyclic amines) is 1. The lowest BCUT2D eigenvalue weighted by Crippen LogP contribution is -2.45. The second-order valence-electron chi connectivity index (χ2n) is 8.01. The van der Waals surface area contributed by atoms with Gasteiger partial charge in [-0.3, -0.25) is 9.69 Å². The number of amides is 1. The Bertz CT molecular complexity index is 1140. The molecule has 3 heterocycles. The molecule has 4 rings (SSSR count). The molecular weight excluding hydrogens is 470 g/mol. The van der Waals surface area contributed by atoms with Gasteiger partial charge in [-0.2, -0.15) is 0 Å². The van der Waals surface area contributed by atoms with Crippen LogP contribution in [0.1, 0.15) is 46.0 Å². The first-order chi connectivity index (χ1) is 16.3. The van der Waals surface area contributed by atoms with Crippen LogP contribution in [-0.2, 0) is 6.42 Å². The van der Waals surface area contributed by atoms with Crippen molar-refractivity contribution in [3.8, 4) is 11.4 Å². The lowest BCUT2D eigenvalue weighted by atomic mass is 10.0. The van der Waals surface area contributed by atoms with E-state index in [1.165, 1.54) is 23.5 Å². The molecule has 0 bridgehead atoms. The summed E-state index contributed by atoms with van der Waals surface area (Å²) >= 11 is 1.47. The molecule has 1 saturated heterocycles. The number of thiazole rings is 1. The van der Waals surface area contributed by atoms with E-state index >= 15 is 0 Å². The van der Waals surface area contributed by atoms with Crippen LogP contribution in [0, 0.1) is 11.6 Å². The van der Waals surface area contributed by atoms with Crippen molar-refractivity contribution >= 4 is 17.2 Å². The maximum Gasteiger partial charge on any atom is 0.255 e. The fraction of sp³-hybridized carbons (Fsp3) is 0.391. The zero-order chi connectivity index (χ0) is 24.3. The van der Waals surface area contributed by atoms with Crippen LogP contribution in [0.25, 0.3) is 11.4 Å². The number of aromatic nitrogens is 3.